The lowest BCUT2D eigenvalue weighted by Gasteiger charge is -2.39. The van der Waals surface area contributed by atoms with Gasteiger partial charge in [0.1, 0.15) is 11.7 Å². The molecule has 0 spiro atoms. The van der Waals surface area contributed by atoms with Crippen molar-refractivity contribution in [2.24, 2.45) is 0 Å². The number of hydrogen-bond acceptors (Lipinski definition) is 5. The van der Waals surface area contributed by atoms with Crippen LogP contribution in [0.4, 0.5) is 5.82 Å². The van der Waals surface area contributed by atoms with E-state index in [-0.39, 0.29) is 11.8 Å². The van der Waals surface area contributed by atoms with Crippen molar-refractivity contribution in [3.05, 3.63) is 77.0 Å². The highest BCUT2D eigenvalue weighted by Gasteiger charge is 2.45. The second-order valence-corrected chi connectivity index (χ2v) is 8.14. The molecule has 2 aromatic carbocycles. The lowest BCUT2D eigenvalue weighted by atomic mass is 9.79. The average Bonchev–Trinajstić information content (AvgIpc) is 2.85. The van der Waals surface area contributed by atoms with Gasteiger partial charge in [-0.15, -0.1) is 0 Å². The first-order chi connectivity index (χ1) is 16.4. The van der Waals surface area contributed by atoms with Crippen LogP contribution < -0.4 is 24.5 Å². The minimum absolute atomic E-state index is 0.206. The van der Waals surface area contributed by atoms with Gasteiger partial charge >= 0.3 is 5.91 Å². The normalized spacial score (nSPS) is 17.1. The van der Waals surface area contributed by atoms with Gasteiger partial charge < -0.3 is 19.1 Å². The van der Waals surface area contributed by atoms with Gasteiger partial charge in [-0.1, -0.05) is 18.2 Å². The van der Waals surface area contributed by atoms with Crippen LogP contribution in [0.2, 0.25) is 0 Å². The van der Waals surface area contributed by atoms with Gasteiger partial charge in [-0.05, 0) is 48.4 Å². The molecule has 1 aromatic heterocycles. The Morgan fingerprint density at radius 3 is 2.26 bits per heavy atom. The number of ether oxygens (including phenoxy) is 3. The van der Waals surface area contributed by atoms with Gasteiger partial charge in [0.05, 0.1) is 33.1 Å². The topological polar surface area (TPSA) is 91.2 Å². The van der Waals surface area contributed by atoms with Crippen molar-refractivity contribution in [1.82, 2.24) is 4.90 Å². The van der Waals surface area contributed by atoms with E-state index in [4.69, 9.17) is 14.2 Å². The molecule has 2 amide bonds. The van der Waals surface area contributed by atoms with Gasteiger partial charge in [0, 0.05) is 18.7 Å². The molecule has 0 bridgehead atoms. The number of nitrogens with zero attached hydrogens (tertiary/aromatic N) is 1. The van der Waals surface area contributed by atoms with Crippen molar-refractivity contribution in [3.8, 4) is 17.2 Å². The number of carbonyl (C=O) groups excluding carboxylic acids is 2. The molecule has 34 heavy (non-hydrogen) atoms. The minimum Gasteiger partial charge on any atom is -0.497 e. The van der Waals surface area contributed by atoms with E-state index in [0.29, 0.717) is 34.2 Å². The number of amides is 2. The molecule has 2 heterocycles. The Kier molecular flexibility index (Phi) is 6.40. The number of anilines is 1. The third-order valence-corrected chi connectivity index (χ3v) is 6.11. The summed E-state index contributed by atoms with van der Waals surface area (Å²) in [5, 5.41) is 2.99. The maximum absolute atomic E-state index is 13.8. The second-order valence-electron chi connectivity index (χ2n) is 8.14. The second kappa shape index (κ2) is 9.43. The van der Waals surface area contributed by atoms with E-state index in [1.165, 1.54) is 14.2 Å². The Labute approximate surface area is 198 Å². The summed E-state index contributed by atoms with van der Waals surface area (Å²) in [6.45, 7) is 1.91. The van der Waals surface area contributed by atoms with Gasteiger partial charge in [0.25, 0.3) is 11.7 Å². The molecule has 0 saturated carbocycles. The van der Waals surface area contributed by atoms with Crippen molar-refractivity contribution in [2.45, 2.75) is 18.9 Å². The van der Waals surface area contributed by atoms with Crippen LogP contribution in [0.25, 0.3) is 0 Å². The molecule has 1 aliphatic rings. The summed E-state index contributed by atoms with van der Waals surface area (Å²) >= 11 is 0. The first-order valence-electron chi connectivity index (χ1n) is 10.8. The van der Waals surface area contributed by atoms with E-state index in [2.05, 4.69) is 10.3 Å². The molecule has 2 unspecified atom stereocenters. The Bertz CT molecular complexity index is 1230. The summed E-state index contributed by atoms with van der Waals surface area (Å²) in [5.74, 6) is 0.970. The number of methoxy groups -OCH3 is 3. The number of nitrogens with one attached hydrogen (secondary N) is 2. The third-order valence-electron chi connectivity index (χ3n) is 6.11. The zero-order valence-corrected chi connectivity index (χ0v) is 19.8. The molecule has 0 radical (unpaired) electrons. The fraction of sp³-hybridized carbons (Fsp3) is 0.269. The number of benzene rings is 2. The summed E-state index contributed by atoms with van der Waals surface area (Å²) < 4.78 is 16.2. The molecule has 3 aromatic rings. The first-order valence-corrected chi connectivity index (χ1v) is 10.8. The van der Waals surface area contributed by atoms with Crippen molar-refractivity contribution >= 4 is 17.6 Å². The van der Waals surface area contributed by atoms with Crippen LogP contribution in [0.5, 0.6) is 17.2 Å². The summed E-state index contributed by atoms with van der Waals surface area (Å²) in [6, 6.07) is 15.8. The number of pyridine rings is 1. The molecule has 2 atom stereocenters. The highest BCUT2D eigenvalue weighted by Crippen LogP contribution is 2.46. The lowest BCUT2D eigenvalue weighted by molar-refractivity contribution is -0.370. The largest absolute Gasteiger partial charge is 0.497 e. The Hall–Kier alpha value is -4.07. The zero-order chi connectivity index (χ0) is 24.4. The Morgan fingerprint density at radius 1 is 0.971 bits per heavy atom. The molecule has 0 fully saturated rings. The Balaban J connectivity index is 1.87. The van der Waals surface area contributed by atoms with Crippen molar-refractivity contribution in [3.63, 3.8) is 0 Å². The van der Waals surface area contributed by atoms with E-state index in [0.717, 1.165) is 11.3 Å². The predicted molar refractivity (Wildman–Crippen MR) is 126 cm³/mol. The van der Waals surface area contributed by atoms with Crippen molar-refractivity contribution in [2.75, 3.05) is 33.7 Å². The number of carbonyl (C=O) groups is 2. The summed E-state index contributed by atoms with van der Waals surface area (Å²) in [5.41, 5.74) is 2.70. The summed E-state index contributed by atoms with van der Waals surface area (Å²) in [6.07, 6.45) is 0. The first kappa shape index (κ1) is 23.1. The van der Waals surface area contributed by atoms with E-state index >= 15 is 0 Å². The number of aryl methyl sites for hydroxylation is 1. The van der Waals surface area contributed by atoms with Crippen LogP contribution in [0.3, 0.4) is 0 Å². The smallest absolute Gasteiger partial charge is 0.317 e. The maximum atomic E-state index is 13.8. The van der Waals surface area contributed by atoms with Gasteiger partial charge in [0.15, 0.2) is 11.5 Å². The lowest BCUT2D eigenvalue weighted by Crippen LogP contribution is -2.44. The predicted octanol–water partition coefficient (Wildman–Crippen LogP) is 3.38. The van der Waals surface area contributed by atoms with Crippen LogP contribution in [-0.4, -0.2) is 45.1 Å². The quantitative estimate of drug-likeness (QED) is 0.606. The molecule has 1 aliphatic heterocycles. The van der Waals surface area contributed by atoms with Gasteiger partial charge in [-0.25, -0.2) is 15.1 Å². The van der Waals surface area contributed by atoms with Crippen LogP contribution in [-0.2, 0) is 4.79 Å². The zero-order valence-electron chi connectivity index (χ0n) is 19.8. The highest BCUT2D eigenvalue weighted by atomic mass is 16.5. The molecule has 0 saturated heterocycles. The monoisotopic (exact) mass is 462 g/mol. The van der Waals surface area contributed by atoms with Gasteiger partial charge in [-0.2, -0.15) is 0 Å². The fourth-order valence-electron chi connectivity index (χ4n) is 4.42. The van der Waals surface area contributed by atoms with E-state index in [9.17, 15) is 9.59 Å². The number of H-pyrrole nitrogens is 1. The van der Waals surface area contributed by atoms with Gasteiger partial charge in [0.2, 0.25) is 0 Å². The molecular weight excluding hydrogens is 434 g/mol. The molecule has 176 valence electrons. The molecule has 0 aliphatic carbocycles. The SMILES string of the molecule is COc1ccc(C2C(C(=O)Nc3cccc(C)[nH+]3)c3cc(OC)c(OC)cc3C(=O)N2C)cc1. The third kappa shape index (κ3) is 4.14. The number of aromatic amines is 1. The summed E-state index contributed by atoms with van der Waals surface area (Å²) in [7, 11) is 6.34. The van der Waals surface area contributed by atoms with Crippen LogP contribution >= 0.6 is 0 Å². The van der Waals surface area contributed by atoms with Crippen LogP contribution in [0.15, 0.2) is 54.6 Å². The van der Waals surface area contributed by atoms with Crippen LogP contribution in [0.1, 0.15) is 39.1 Å². The van der Waals surface area contributed by atoms with E-state index in [1.807, 2.05) is 43.3 Å². The van der Waals surface area contributed by atoms with Gasteiger partial charge in [-0.3, -0.25) is 4.79 Å². The standard InChI is InChI=1S/C26H27N3O5/c1-15-7-6-8-22(27-15)28-25(30)23-18-13-20(33-4)21(34-5)14-19(18)26(31)29(2)24(23)16-9-11-17(32-3)12-10-16/h6-14,23-24H,1-5H3,(H,27,28,30)/p+1. The highest BCUT2D eigenvalue weighted by molar-refractivity contribution is 6.04. The number of fused-ring (bicyclic) bond motifs is 1. The molecule has 8 heteroatoms. The number of likely N-dealkylation sites (N-methyl/N-ethyl adjacent to an activating group) is 1. The molecule has 4 rings (SSSR count). The average molecular weight is 463 g/mol. The minimum atomic E-state index is -0.709. The molecule has 2 N–H and O–H groups in total. The Morgan fingerprint density at radius 2 is 1.65 bits per heavy atom. The van der Waals surface area contributed by atoms with E-state index < -0.39 is 12.0 Å². The van der Waals surface area contributed by atoms with Crippen molar-refractivity contribution < 1.29 is 28.8 Å². The fourth-order valence-corrected chi connectivity index (χ4v) is 4.42. The van der Waals surface area contributed by atoms with Crippen LogP contribution in [0, 0.1) is 6.92 Å². The number of rotatable bonds is 6. The molecule has 8 nitrogen and oxygen atoms in total. The van der Waals surface area contributed by atoms with E-state index in [1.54, 1.807) is 37.3 Å². The number of aromatic nitrogens is 1. The summed E-state index contributed by atoms with van der Waals surface area (Å²) in [4.78, 5) is 32.0. The molecular formula is C26H28N3O5+. The number of hydrogen-bond donors (Lipinski definition) is 1. The maximum Gasteiger partial charge on any atom is 0.317 e. The van der Waals surface area contributed by atoms with Crippen molar-refractivity contribution in [1.29, 1.82) is 0 Å².